The van der Waals surface area contributed by atoms with Gasteiger partial charge in [-0.1, -0.05) is 45.9 Å². The molecule has 0 amide bonds. The lowest BCUT2D eigenvalue weighted by Crippen LogP contribution is -2.34. The molecule has 2 atom stereocenters. The van der Waals surface area contributed by atoms with Crippen LogP contribution in [0.2, 0.25) is 0 Å². The van der Waals surface area contributed by atoms with E-state index < -0.39 is 0 Å². The second-order valence-corrected chi connectivity index (χ2v) is 10.3. The lowest BCUT2D eigenvalue weighted by atomic mass is 9.62. The van der Waals surface area contributed by atoms with Gasteiger partial charge in [0, 0.05) is 6.08 Å². The predicted octanol–water partition coefficient (Wildman–Crippen LogP) is 6.60. The van der Waals surface area contributed by atoms with Gasteiger partial charge in [0.1, 0.15) is 5.75 Å². The molecule has 0 radical (unpaired) electrons. The van der Waals surface area contributed by atoms with Crippen molar-refractivity contribution in [1.29, 1.82) is 0 Å². The van der Waals surface area contributed by atoms with Crippen molar-refractivity contribution in [2.24, 2.45) is 5.92 Å². The minimum atomic E-state index is -0.270. The maximum Gasteiger partial charge on any atom is 0.330 e. The summed E-state index contributed by atoms with van der Waals surface area (Å²) in [6.45, 7) is 13.6. The Hall–Kier alpha value is -2.03. The molecule has 164 valence electrons. The van der Waals surface area contributed by atoms with Crippen molar-refractivity contribution in [3.8, 4) is 5.75 Å². The minimum Gasteiger partial charge on any atom is -0.496 e. The number of carbonyl (C=O) groups is 1. The summed E-state index contributed by atoms with van der Waals surface area (Å²) in [4.78, 5) is 11.5. The number of carbonyl (C=O) groups excluding carboxylic acids is 1. The zero-order chi connectivity index (χ0) is 22.1. The highest BCUT2D eigenvalue weighted by atomic mass is 16.5. The van der Waals surface area contributed by atoms with Gasteiger partial charge >= 0.3 is 5.97 Å². The topological polar surface area (TPSA) is 35.5 Å². The predicted molar refractivity (Wildman–Crippen MR) is 123 cm³/mol. The van der Waals surface area contributed by atoms with Gasteiger partial charge in [0.15, 0.2) is 0 Å². The van der Waals surface area contributed by atoms with Gasteiger partial charge in [-0.3, -0.25) is 0 Å². The standard InChI is InChI=1S/C27H38O3/c1-8-30-25(28)14-18(2)10-9-11-19-15-20(19)21-16-22-23(17-24(21)29-7)27(5,6)13-12-26(22,3)4/h9-10,14,16-17,19-20H,8,11-13,15H2,1-7H3. The van der Waals surface area contributed by atoms with Crippen molar-refractivity contribution in [2.75, 3.05) is 13.7 Å². The number of hydrogen-bond acceptors (Lipinski definition) is 3. The summed E-state index contributed by atoms with van der Waals surface area (Å²) in [5.74, 6) is 1.98. The van der Waals surface area contributed by atoms with Crippen molar-refractivity contribution in [3.05, 3.63) is 52.6 Å². The number of allylic oxidation sites excluding steroid dienone is 3. The van der Waals surface area contributed by atoms with E-state index in [0.29, 0.717) is 18.4 Å². The summed E-state index contributed by atoms with van der Waals surface area (Å²) in [6, 6.07) is 4.78. The van der Waals surface area contributed by atoms with E-state index in [1.54, 1.807) is 13.2 Å². The first-order valence-corrected chi connectivity index (χ1v) is 11.3. The van der Waals surface area contributed by atoms with Gasteiger partial charge in [-0.15, -0.1) is 0 Å². The Morgan fingerprint density at radius 2 is 1.77 bits per heavy atom. The first kappa shape index (κ1) is 22.7. The maximum absolute atomic E-state index is 11.5. The van der Waals surface area contributed by atoms with Crippen molar-refractivity contribution in [3.63, 3.8) is 0 Å². The second kappa shape index (κ2) is 8.61. The largest absolute Gasteiger partial charge is 0.496 e. The lowest BCUT2D eigenvalue weighted by molar-refractivity contribution is -0.137. The molecule has 30 heavy (non-hydrogen) atoms. The Kier molecular flexibility index (Phi) is 6.50. The first-order chi connectivity index (χ1) is 14.1. The van der Waals surface area contributed by atoms with Crippen LogP contribution in [0, 0.1) is 5.92 Å². The third kappa shape index (κ3) is 4.82. The fourth-order valence-corrected chi connectivity index (χ4v) is 4.81. The molecule has 1 aromatic rings. The Morgan fingerprint density at radius 1 is 1.13 bits per heavy atom. The molecule has 2 aliphatic rings. The Bertz CT molecular complexity index is 857. The summed E-state index contributed by atoms with van der Waals surface area (Å²) >= 11 is 0. The van der Waals surface area contributed by atoms with Crippen LogP contribution >= 0.6 is 0 Å². The maximum atomic E-state index is 11.5. The molecule has 0 N–H and O–H groups in total. The average Bonchev–Trinajstić information content (AvgIpc) is 3.44. The van der Waals surface area contributed by atoms with Crippen LogP contribution in [0.15, 0.2) is 35.9 Å². The molecule has 1 fully saturated rings. The summed E-state index contributed by atoms with van der Waals surface area (Å²) in [5.41, 5.74) is 5.68. The average molecular weight is 411 g/mol. The third-order valence-electron chi connectivity index (χ3n) is 6.98. The van der Waals surface area contributed by atoms with E-state index >= 15 is 0 Å². The van der Waals surface area contributed by atoms with Crippen LogP contribution in [-0.4, -0.2) is 19.7 Å². The van der Waals surface area contributed by atoms with E-state index in [-0.39, 0.29) is 16.8 Å². The molecule has 0 heterocycles. The van der Waals surface area contributed by atoms with Crippen molar-refractivity contribution < 1.29 is 14.3 Å². The molecule has 0 aromatic heterocycles. The molecule has 0 spiro atoms. The van der Waals surface area contributed by atoms with Crippen LogP contribution in [0.25, 0.3) is 0 Å². The van der Waals surface area contributed by atoms with Gasteiger partial charge in [0.25, 0.3) is 0 Å². The highest BCUT2D eigenvalue weighted by Gasteiger charge is 2.43. The summed E-state index contributed by atoms with van der Waals surface area (Å²) < 4.78 is 10.8. The number of hydrogen-bond donors (Lipinski definition) is 0. The number of methoxy groups -OCH3 is 1. The number of rotatable bonds is 7. The fraction of sp³-hybridized carbons (Fsp3) is 0.593. The monoisotopic (exact) mass is 410 g/mol. The van der Waals surface area contributed by atoms with E-state index in [9.17, 15) is 4.79 Å². The highest BCUT2D eigenvalue weighted by molar-refractivity contribution is 5.83. The number of benzene rings is 1. The van der Waals surface area contributed by atoms with Gasteiger partial charge in [0.05, 0.1) is 13.7 Å². The SMILES string of the molecule is CCOC(=O)C=C(C)C=CCC1CC1c1cc2c(cc1OC)C(C)(C)CCC2(C)C. The van der Waals surface area contributed by atoms with Gasteiger partial charge < -0.3 is 9.47 Å². The first-order valence-electron chi connectivity index (χ1n) is 11.3. The van der Waals surface area contributed by atoms with E-state index in [1.165, 1.54) is 36.0 Å². The van der Waals surface area contributed by atoms with Gasteiger partial charge in [-0.2, -0.15) is 0 Å². The molecular weight excluding hydrogens is 372 g/mol. The van der Waals surface area contributed by atoms with Gasteiger partial charge in [-0.05, 0) is 90.5 Å². The third-order valence-corrected chi connectivity index (χ3v) is 6.98. The summed E-state index contributed by atoms with van der Waals surface area (Å²) in [6.07, 6.45) is 10.4. The van der Waals surface area contributed by atoms with Crippen LogP contribution in [0.3, 0.4) is 0 Å². The number of fused-ring (bicyclic) bond motifs is 1. The summed E-state index contributed by atoms with van der Waals surface area (Å²) in [5, 5.41) is 0. The zero-order valence-electron chi connectivity index (χ0n) is 19.8. The molecule has 3 heteroatoms. The minimum absolute atomic E-state index is 0.200. The summed E-state index contributed by atoms with van der Waals surface area (Å²) in [7, 11) is 1.80. The molecule has 3 nitrogen and oxygen atoms in total. The molecule has 1 saturated carbocycles. The van der Waals surface area contributed by atoms with Crippen molar-refractivity contribution >= 4 is 5.97 Å². The molecule has 1 aromatic carbocycles. The molecule has 0 bridgehead atoms. The molecule has 0 saturated heterocycles. The fourth-order valence-electron chi connectivity index (χ4n) is 4.81. The number of esters is 1. The Morgan fingerprint density at radius 3 is 2.37 bits per heavy atom. The normalized spacial score (nSPS) is 24.4. The van der Waals surface area contributed by atoms with Crippen LogP contribution in [0.4, 0.5) is 0 Å². The highest BCUT2D eigenvalue weighted by Crippen LogP contribution is 2.55. The van der Waals surface area contributed by atoms with E-state index in [1.807, 2.05) is 19.9 Å². The Balaban J connectivity index is 1.75. The van der Waals surface area contributed by atoms with Crippen molar-refractivity contribution in [2.45, 2.75) is 84.0 Å². The van der Waals surface area contributed by atoms with Crippen LogP contribution < -0.4 is 4.74 Å². The molecule has 0 aliphatic heterocycles. The van der Waals surface area contributed by atoms with Crippen LogP contribution in [-0.2, 0) is 20.4 Å². The van der Waals surface area contributed by atoms with Gasteiger partial charge in [0.2, 0.25) is 0 Å². The van der Waals surface area contributed by atoms with E-state index in [0.717, 1.165) is 17.7 Å². The smallest absolute Gasteiger partial charge is 0.330 e. The molecule has 3 rings (SSSR count). The lowest BCUT2D eigenvalue weighted by Gasteiger charge is -2.42. The quantitative estimate of drug-likeness (QED) is 0.288. The Labute approximate surface area is 182 Å². The van der Waals surface area contributed by atoms with Gasteiger partial charge in [-0.25, -0.2) is 4.79 Å². The molecule has 2 aliphatic carbocycles. The van der Waals surface area contributed by atoms with E-state index in [4.69, 9.17) is 9.47 Å². The van der Waals surface area contributed by atoms with E-state index in [2.05, 4.69) is 45.9 Å². The molecule has 2 unspecified atom stereocenters. The van der Waals surface area contributed by atoms with Crippen LogP contribution in [0.1, 0.15) is 89.8 Å². The number of ether oxygens (including phenoxy) is 2. The molecular formula is C27H38O3. The van der Waals surface area contributed by atoms with Crippen LogP contribution in [0.5, 0.6) is 5.75 Å². The second-order valence-electron chi connectivity index (χ2n) is 10.3. The van der Waals surface area contributed by atoms with Crippen molar-refractivity contribution in [1.82, 2.24) is 0 Å². The zero-order valence-corrected chi connectivity index (χ0v) is 19.8.